The highest BCUT2D eigenvalue weighted by molar-refractivity contribution is 5.62. The molecule has 0 aliphatic rings. The highest BCUT2D eigenvalue weighted by Crippen LogP contribution is 2.23. The minimum Gasteiger partial charge on any atom is -0.382 e. The van der Waals surface area contributed by atoms with Crippen LogP contribution in [0.2, 0.25) is 0 Å². The zero-order valence-electron chi connectivity index (χ0n) is 15.2. The quantitative estimate of drug-likeness (QED) is 0.546. The molecule has 1 unspecified atom stereocenters. The van der Waals surface area contributed by atoms with Gasteiger partial charge in [0.15, 0.2) is 0 Å². The van der Waals surface area contributed by atoms with Gasteiger partial charge in [0, 0.05) is 6.20 Å². The van der Waals surface area contributed by atoms with Gasteiger partial charge in [-0.2, -0.15) is 5.26 Å². The first kappa shape index (κ1) is 18.1. The molecule has 4 aromatic rings. The van der Waals surface area contributed by atoms with Crippen molar-refractivity contribution in [3.05, 3.63) is 76.6 Å². The first-order valence-corrected chi connectivity index (χ1v) is 8.62. The Morgan fingerprint density at radius 1 is 1.28 bits per heavy atom. The summed E-state index contributed by atoms with van der Waals surface area (Å²) in [5.74, 6) is 0.0781. The number of hydrogen-bond donors (Lipinski definition) is 2. The Morgan fingerprint density at radius 3 is 2.86 bits per heavy atom. The zero-order valence-corrected chi connectivity index (χ0v) is 15.2. The second kappa shape index (κ2) is 7.05. The average Bonchev–Trinajstić information content (AvgIpc) is 3.17. The molecular formula is C19H15FN8O. The summed E-state index contributed by atoms with van der Waals surface area (Å²) >= 11 is 0. The van der Waals surface area contributed by atoms with E-state index in [-0.39, 0.29) is 17.2 Å². The van der Waals surface area contributed by atoms with Crippen LogP contribution in [-0.4, -0.2) is 23.9 Å². The van der Waals surface area contributed by atoms with E-state index in [1.54, 1.807) is 31.3 Å². The Kier molecular flexibility index (Phi) is 4.40. The van der Waals surface area contributed by atoms with Gasteiger partial charge in [-0.25, -0.2) is 28.7 Å². The number of hydrogen-bond acceptors (Lipinski definition) is 7. The maximum atomic E-state index is 13.8. The van der Waals surface area contributed by atoms with E-state index in [4.69, 9.17) is 5.73 Å². The lowest BCUT2D eigenvalue weighted by Gasteiger charge is -2.20. The Morgan fingerprint density at radius 2 is 2.10 bits per heavy atom. The lowest BCUT2D eigenvalue weighted by molar-refractivity contribution is 0.623. The molecule has 0 bridgehead atoms. The molecule has 0 saturated carbocycles. The first-order chi connectivity index (χ1) is 14.0. The maximum Gasteiger partial charge on any atom is 0.339 e. The van der Waals surface area contributed by atoms with Crippen molar-refractivity contribution in [2.45, 2.75) is 13.0 Å². The van der Waals surface area contributed by atoms with E-state index in [1.165, 1.54) is 33.5 Å². The Labute approximate surface area is 163 Å². The molecule has 0 amide bonds. The Balaban J connectivity index is 1.89. The van der Waals surface area contributed by atoms with Gasteiger partial charge in [0.05, 0.1) is 11.7 Å². The number of nitrogens with zero attached hydrogens (tertiary/aromatic N) is 6. The van der Waals surface area contributed by atoms with Gasteiger partial charge in [-0.05, 0) is 37.3 Å². The predicted molar refractivity (Wildman–Crippen MR) is 104 cm³/mol. The van der Waals surface area contributed by atoms with Crippen LogP contribution in [0, 0.1) is 17.1 Å². The van der Waals surface area contributed by atoms with Crippen molar-refractivity contribution in [3.63, 3.8) is 0 Å². The van der Waals surface area contributed by atoms with Gasteiger partial charge in [-0.1, -0.05) is 6.07 Å². The molecule has 3 aromatic heterocycles. The molecule has 3 heterocycles. The lowest BCUT2D eigenvalue weighted by Crippen LogP contribution is -2.31. The molecule has 144 valence electrons. The number of nitrogens with two attached hydrogens (primary N) is 1. The molecule has 0 spiro atoms. The van der Waals surface area contributed by atoms with Crippen LogP contribution >= 0.6 is 0 Å². The predicted octanol–water partition coefficient (Wildman–Crippen LogP) is 2.04. The summed E-state index contributed by atoms with van der Waals surface area (Å²) in [7, 11) is 0. The number of fused-ring (bicyclic) bond motifs is 1. The van der Waals surface area contributed by atoms with Crippen LogP contribution in [0.15, 0.2) is 53.7 Å². The van der Waals surface area contributed by atoms with E-state index in [1.807, 2.05) is 6.07 Å². The summed E-state index contributed by atoms with van der Waals surface area (Å²) in [4.78, 5) is 25.5. The monoisotopic (exact) mass is 390 g/mol. The van der Waals surface area contributed by atoms with E-state index in [0.717, 1.165) is 0 Å². The summed E-state index contributed by atoms with van der Waals surface area (Å²) in [6.07, 6.45) is 2.82. The van der Waals surface area contributed by atoms with Gasteiger partial charge in [0.1, 0.15) is 46.9 Å². The number of benzene rings is 1. The molecule has 29 heavy (non-hydrogen) atoms. The largest absolute Gasteiger partial charge is 0.382 e. The number of aromatic nitrogens is 5. The topological polar surface area (TPSA) is 127 Å². The molecular weight excluding hydrogens is 375 g/mol. The summed E-state index contributed by atoms with van der Waals surface area (Å²) in [6, 6.07) is 10.4. The Hall–Kier alpha value is -4.26. The molecule has 0 radical (unpaired) electrons. The summed E-state index contributed by atoms with van der Waals surface area (Å²) in [6.45, 7) is 1.75. The van der Waals surface area contributed by atoms with E-state index in [0.29, 0.717) is 17.2 Å². The molecule has 3 N–H and O–H groups in total. The number of anilines is 2. The molecule has 1 aromatic carbocycles. The fourth-order valence-electron chi connectivity index (χ4n) is 3.03. The lowest BCUT2D eigenvalue weighted by atomic mass is 10.2. The minimum absolute atomic E-state index is 0.0368. The summed E-state index contributed by atoms with van der Waals surface area (Å²) in [5, 5.41) is 12.4. The molecule has 0 saturated heterocycles. The van der Waals surface area contributed by atoms with Gasteiger partial charge < -0.3 is 11.1 Å². The number of nitrogen functional groups attached to an aromatic ring is 1. The second-order valence-corrected chi connectivity index (χ2v) is 6.26. The third-order valence-electron chi connectivity index (χ3n) is 4.38. The normalized spacial score (nSPS) is 11.9. The first-order valence-electron chi connectivity index (χ1n) is 8.62. The zero-order chi connectivity index (χ0) is 20.5. The SMILES string of the molecule is CC(Nc1ncnc(N)c1C#N)c1nc2cccn2c(=O)n1-c1cccc(F)c1. The van der Waals surface area contributed by atoms with Gasteiger partial charge in [-0.15, -0.1) is 0 Å². The van der Waals surface area contributed by atoms with Crippen LogP contribution in [0.5, 0.6) is 0 Å². The highest BCUT2D eigenvalue weighted by Gasteiger charge is 2.20. The van der Waals surface area contributed by atoms with Crippen molar-refractivity contribution in [1.29, 1.82) is 5.26 Å². The minimum atomic E-state index is -0.577. The van der Waals surface area contributed by atoms with E-state index in [2.05, 4.69) is 20.3 Å². The van der Waals surface area contributed by atoms with Gasteiger partial charge in [-0.3, -0.25) is 4.40 Å². The number of halogens is 1. The third-order valence-corrected chi connectivity index (χ3v) is 4.38. The standard InChI is InChI=1S/C19H15FN8O/c1-11(25-17-14(9-21)16(22)23-10-24-17)18-26-15-6-3-7-27(15)19(29)28(18)13-5-2-4-12(20)8-13/h2-8,10-11H,1H3,(H3,22,23,24,25). The highest BCUT2D eigenvalue weighted by atomic mass is 19.1. The smallest absolute Gasteiger partial charge is 0.339 e. The Bertz CT molecular complexity index is 1320. The van der Waals surface area contributed by atoms with Gasteiger partial charge >= 0.3 is 5.69 Å². The van der Waals surface area contributed by atoms with Gasteiger partial charge in [0.25, 0.3) is 0 Å². The number of nitrogens with one attached hydrogen (secondary N) is 1. The maximum absolute atomic E-state index is 13.8. The van der Waals surface area contributed by atoms with Crippen LogP contribution in [0.3, 0.4) is 0 Å². The summed E-state index contributed by atoms with van der Waals surface area (Å²) in [5.41, 5.74) is 6.18. The molecule has 10 heteroatoms. The van der Waals surface area contributed by atoms with Crippen molar-refractivity contribution in [1.82, 2.24) is 23.9 Å². The fourth-order valence-corrected chi connectivity index (χ4v) is 3.03. The van der Waals surface area contributed by atoms with Crippen molar-refractivity contribution >= 4 is 17.3 Å². The van der Waals surface area contributed by atoms with Crippen LogP contribution in [0.25, 0.3) is 11.3 Å². The fraction of sp³-hybridized carbons (Fsp3) is 0.105. The van der Waals surface area contributed by atoms with Crippen LogP contribution in [0.1, 0.15) is 24.4 Å². The van der Waals surface area contributed by atoms with Crippen LogP contribution in [-0.2, 0) is 0 Å². The number of nitriles is 1. The van der Waals surface area contributed by atoms with E-state index in [9.17, 15) is 14.4 Å². The van der Waals surface area contributed by atoms with Crippen LogP contribution < -0.4 is 16.7 Å². The number of rotatable bonds is 4. The van der Waals surface area contributed by atoms with E-state index < -0.39 is 17.5 Å². The van der Waals surface area contributed by atoms with Gasteiger partial charge in [0.2, 0.25) is 0 Å². The molecule has 4 rings (SSSR count). The molecule has 1 atom stereocenters. The second-order valence-electron chi connectivity index (χ2n) is 6.26. The summed E-state index contributed by atoms with van der Waals surface area (Å²) < 4.78 is 16.5. The van der Waals surface area contributed by atoms with Crippen molar-refractivity contribution in [2.24, 2.45) is 0 Å². The van der Waals surface area contributed by atoms with E-state index >= 15 is 0 Å². The molecule has 0 aliphatic heterocycles. The average molecular weight is 390 g/mol. The van der Waals surface area contributed by atoms with Crippen LogP contribution in [0.4, 0.5) is 16.0 Å². The molecule has 0 fully saturated rings. The molecule has 0 aliphatic carbocycles. The van der Waals surface area contributed by atoms with Crippen molar-refractivity contribution < 1.29 is 4.39 Å². The molecule has 9 nitrogen and oxygen atoms in total. The third kappa shape index (κ3) is 3.14. The van der Waals surface area contributed by atoms with Crippen molar-refractivity contribution in [2.75, 3.05) is 11.1 Å². The van der Waals surface area contributed by atoms with Crippen molar-refractivity contribution in [3.8, 4) is 11.8 Å².